The molecule has 6 nitrogen and oxygen atoms in total. The number of carbonyl (C=O) groups excluding carboxylic acids is 1. The van der Waals surface area contributed by atoms with Gasteiger partial charge in [-0.2, -0.15) is 0 Å². The van der Waals surface area contributed by atoms with Crippen molar-refractivity contribution in [3.8, 4) is 0 Å². The molecule has 0 saturated heterocycles. The molecule has 0 saturated carbocycles. The quantitative estimate of drug-likeness (QED) is 0.534. The van der Waals surface area contributed by atoms with E-state index in [1.807, 2.05) is 13.0 Å². The topological polar surface area (TPSA) is 75.7 Å². The Hall–Kier alpha value is -2.87. The van der Waals surface area contributed by atoms with Crippen molar-refractivity contribution in [3.63, 3.8) is 0 Å². The number of rotatable bonds is 8. The highest BCUT2D eigenvalue weighted by atomic mass is 35.5. The summed E-state index contributed by atoms with van der Waals surface area (Å²) in [5, 5.41) is 3.17. The minimum absolute atomic E-state index is 0.0848. The minimum atomic E-state index is -3.99. The van der Waals surface area contributed by atoms with E-state index in [9.17, 15) is 13.2 Å². The monoisotopic (exact) mass is 458 g/mol. The number of benzene rings is 3. The zero-order chi connectivity index (χ0) is 22.4. The van der Waals surface area contributed by atoms with E-state index < -0.39 is 22.5 Å². The van der Waals surface area contributed by atoms with E-state index in [1.165, 1.54) is 12.1 Å². The average molecular weight is 459 g/mol. The number of anilines is 2. The van der Waals surface area contributed by atoms with Gasteiger partial charge in [-0.15, -0.1) is 0 Å². The zero-order valence-electron chi connectivity index (χ0n) is 17.2. The lowest BCUT2D eigenvalue weighted by Crippen LogP contribution is -2.38. The Morgan fingerprint density at radius 2 is 1.77 bits per heavy atom. The summed E-state index contributed by atoms with van der Waals surface area (Å²) in [6, 6.07) is 20.1. The molecule has 0 unspecified atom stereocenters. The molecule has 0 aliphatic rings. The highest BCUT2D eigenvalue weighted by molar-refractivity contribution is 7.92. The molecule has 0 radical (unpaired) electrons. The molecule has 1 amide bonds. The fraction of sp³-hybridized carbons (Fsp3) is 0.174. The normalized spacial score (nSPS) is 11.2. The number of hydrogen-bond acceptors (Lipinski definition) is 4. The maximum atomic E-state index is 13.3. The van der Waals surface area contributed by atoms with Crippen LogP contribution in [0.25, 0.3) is 0 Å². The molecule has 0 aliphatic heterocycles. The number of nitrogens with zero attached hydrogens (tertiary/aromatic N) is 1. The Morgan fingerprint density at radius 1 is 1.03 bits per heavy atom. The first-order chi connectivity index (χ1) is 14.8. The van der Waals surface area contributed by atoms with Crippen LogP contribution in [0.4, 0.5) is 11.4 Å². The summed E-state index contributed by atoms with van der Waals surface area (Å²) >= 11 is 6.23. The number of aryl methyl sites for hydroxylation is 1. The van der Waals surface area contributed by atoms with Crippen molar-refractivity contribution in [3.05, 3.63) is 88.9 Å². The third-order valence-electron chi connectivity index (χ3n) is 4.58. The van der Waals surface area contributed by atoms with Gasteiger partial charge in [0.05, 0.1) is 17.2 Å². The molecule has 3 rings (SSSR count). The van der Waals surface area contributed by atoms with Crippen molar-refractivity contribution in [1.82, 2.24) is 0 Å². The highest BCUT2D eigenvalue weighted by Gasteiger charge is 2.27. The van der Waals surface area contributed by atoms with E-state index in [0.717, 1.165) is 15.4 Å². The van der Waals surface area contributed by atoms with Gasteiger partial charge in [0.1, 0.15) is 6.54 Å². The van der Waals surface area contributed by atoms with Crippen LogP contribution in [0.3, 0.4) is 0 Å². The van der Waals surface area contributed by atoms with Crippen molar-refractivity contribution in [2.75, 3.05) is 23.3 Å². The van der Waals surface area contributed by atoms with Gasteiger partial charge in [-0.25, -0.2) is 8.42 Å². The van der Waals surface area contributed by atoms with Crippen molar-refractivity contribution in [2.45, 2.75) is 18.4 Å². The summed E-state index contributed by atoms with van der Waals surface area (Å²) in [7, 11) is -2.41. The van der Waals surface area contributed by atoms with Gasteiger partial charge in [-0.05, 0) is 54.4 Å². The number of methoxy groups -OCH3 is 1. The first-order valence-electron chi connectivity index (χ1n) is 9.53. The van der Waals surface area contributed by atoms with E-state index in [0.29, 0.717) is 23.0 Å². The second-order valence-corrected chi connectivity index (χ2v) is 9.21. The molecule has 31 heavy (non-hydrogen) atoms. The Balaban J connectivity index is 1.92. The van der Waals surface area contributed by atoms with Gasteiger partial charge >= 0.3 is 0 Å². The van der Waals surface area contributed by atoms with Gasteiger partial charge in [0.15, 0.2) is 0 Å². The Bertz CT molecular complexity index is 1170. The van der Waals surface area contributed by atoms with E-state index in [4.69, 9.17) is 16.3 Å². The molecule has 0 bridgehead atoms. The second-order valence-electron chi connectivity index (χ2n) is 6.94. The molecule has 0 fully saturated rings. The smallest absolute Gasteiger partial charge is 0.264 e. The van der Waals surface area contributed by atoms with Crippen LogP contribution < -0.4 is 9.62 Å². The molecule has 0 aliphatic carbocycles. The molecule has 0 spiro atoms. The van der Waals surface area contributed by atoms with Crippen molar-refractivity contribution >= 4 is 38.9 Å². The number of carbonyl (C=O) groups is 1. The molecule has 0 aromatic heterocycles. The van der Waals surface area contributed by atoms with E-state index >= 15 is 0 Å². The maximum absolute atomic E-state index is 13.3. The first kappa shape index (κ1) is 22.8. The van der Waals surface area contributed by atoms with Crippen LogP contribution in [0.2, 0.25) is 5.02 Å². The lowest BCUT2D eigenvalue weighted by Gasteiger charge is -2.24. The van der Waals surface area contributed by atoms with Gasteiger partial charge in [-0.1, -0.05) is 48.0 Å². The molecular formula is C23H23ClN2O4S. The van der Waals surface area contributed by atoms with Crippen LogP contribution in [-0.4, -0.2) is 28.0 Å². The number of amides is 1. The van der Waals surface area contributed by atoms with Crippen molar-refractivity contribution < 1.29 is 17.9 Å². The Labute approximate surface area is 187 Å². The summed E-state index contributed by atoms with van der Waals surface area (Å²) in [4.78, 5) is 12.9. The fourth-order valence-electron chi connectivity index (χ4n) is 3.01. The van der Waals surface area contributed by atoms with Crippen molar-refractivity contribution in [1.29, 1.82) is 0 Å². The lowest BCUT2D eigenvalue weighted by molar-refractivity contribution is -0.114. The van der Waals surface area contributed by atoms with Crippen LogP contribution in [0.1, 0.15) is 11.1 Å². The number of halogens is 1. The summed E-state index contributed by atoms with van der Waals surface area (Å²) < 4.78 is 32.9. The summed E-state index contributed by atoms with van der Waals surface area (Å²) in [5.74, 6) is -0.481. The highest BCUT2D eigenvalue weighted by Crippen LogP contribution is 2.28. The van der Waals surface area contributed by atoms with Gasteiger partial charge in [-0.3, -0.25) is 9.10 Å². The third-order valence-corrected chi connectivity index (χ3v) is 6.78. The lowest BCUT2D eigenvalue weighted by atomic mass is 10.2. The van der Waals surface area contributed by atoms with Crippen LogP contribution in [-0.2, 0) is 26.2 Å². The predicted molar refractivity (Wildman–Crippen MR) is 123 cm³/mol. The number of ether oxygens (including phenoxy) is 1. The van der Waals surface area contributed by atoms with E-state index in [1.54, 1.807) is 61.7 Å². The number of hydrogen-bond donors (Lipinski definition) is 1. The molecule has 8 heteroatoms. The number of nitrogens with one attached hydrogen (secondary N) is 1. The number of sulfonamides is 1. The maximum Gasteiger partial charge on any atom is 0.264 e. The molecule has 162 valence electrons. The largest absolute Gasteiger partial charge is 0.380 e. The van der Waals surface area contributed by atoms with Gasteiger partial charge < -0.3 is 10.1 Å². The first-order valence-corrected chi connectivity index (χ1v) is 11.3. The molecule has 0 heterocycles. The van der Waals surface area contributed by atoms with Crippen molar-refractivity contribution in [2.24, 2.45) is 0 Å². The molecule has 3 aromatic rings. The third kappa shape index (κ3) is 5.64. The Kier molecular flexibility index (Phi) is 7.33. The van der Waals surface area contributed by atoms with E-state index in [2.05, 4.69) is 5.32 Å². The van der Waals surface area contributed by atoms with Crippen LogP contribution in [0, 0.1) is 6.92 Å². The molecule has 3 aromatic carbocycles. The predicted octanol–water partition coefficient (Wildman–Crippen LogP) is 4.63. The summed E-state index contributed by atoms with van der Waals surface area (Å²) in [6.45, 7) is 1.81. The second kappa shape index (κ2) is 9.96. The summed E-state index contributed by atoms with van der Waals surface area (Å²) in [6.07, 6.45) is 0. The SMILES string of the molecule is COCc1cccc(NC(=O)CN(c2ccc(C)c(Cl)c2)S(=O)(=O)c2ccccc2)c1. The average Bonchev–Trinajstić information content (AvgIpc) is 2.75. The minimum Gasteiger partial charge on any atom is -0.380 e. The van der Waals surface area contributed by atoms with Gasteiger partial charge in [0.25, 0.3) is 10.0 Å². The molecule has 1 N–H and O–H groups in total. The van der Waals surface area contributed by atoms with Gasteiger partial charge in [0.2, 0.25) is 5.91 Å². The van der Waals surface area contributed by atoms with Crippen LogP contribution >= 0.6 is 11.6 Å². The van der Waals surface area contributed by atoms with Crippen LogP contribution in [0.15, 0.2) is 77.7 Å². The molecule has 0 atom stereocenters. The summed E-state index contributed by atoms with van der Waals surface area (Å²) in [5.41, 5.74) is 2.56. The van der Waals surface area contributed by atoms with Crippen LogP contribution in [0.5, 0.6) is 0 Å². The fourth-order valence-corrected chi connectivity index (χ4v) is 4.62. The Morgan fingerprint density at radius 3 is 2.45 bits per heavy atom. The standard InChI is InChI=1S/C23H23ClN2O4S/c1-17-11-12-20(14-22(17)24)26(31(28,29)21-9-4-3-5-10-21)15-23(27)25-19-8-6-7-18(13-19)16-30-2/h3-14H,15-16H2,1-2H3,(H,25,27). The molecular weight excluding hydrogens is 436 g/mol. The zero-order valence-corrected chi connectivity index (χ0v) is 18.8. The van der Waals surface area contributed by atoms with E-state index in [-0.39, 0.29) is 4.90 Å². The van der Waals surface area contributed by atoms with Gasteiger partial charge in [0, 0.05) is 17.8 Å².